The Hall–Kier alpha value is -2.60. The number of nitrogens with zero attached hydrogens (tertiary/aromatic N) is 2. The van der Waals surface area contributed by atoms with Crippen molar-refractivity contribution in [1.82, 2.24) is 10.2 Å². The molecule has 0 fully saturated rings. The molecule has 3 aromatic rings. The molecule has 2 aromatic carbocycles. The Morgan fingerprint density at radius 3 is 2.39 bits per heavy atom. The summed E-state index contributed by atoms with van der Waals surface area (Å²) in [6.45, 7) is 10.1. The average molecular weight is 396 g/mol. The highest BCUT2D eigenvalue weighted by Crippen LogP contribution is 2.29. The molecule has 5 nitrogen and oxygen atoms in total. The highest BCUT2D eigenvalue weighted by atomic mass is 32.2. The number of nitrogens with one attached hydrogen (secondary N) is 1. The largest absolute Gasteiger partial charge is 0.411 e. The van der Waals surface area contributed by atoms with Crippen molar-refractivity contribution in [3.05, 3.63) is 59.2 Å². The lowest BCUT2D eigenvalue weighted by atomic mass is 10.0. The van der Waals surface area contributed by atoms with Gasteiger partial charge in [0, 0.05) is 11.3 Å². The van der Waals surface area contributed by atoms with Crippen molar-refractivity contribution < 1.29 is 9.21 Å². The SMILES string of the molecule is Cc1cc(C)cc(-c2nnc(SC(C)C(=O)Nc3ccccc3C(C)C)o2)c1. The van der Waals surface area contributed by atoms with Crippen LogP contribution in [0.3, 0.4) is 0 Å². The van der Waals surface area contributed by atoms with Gasteiger partial charge in [-0.05, 0) is 50.5 Å². The van der Waals surface area contributed by atoms with Gasteiger partial charge in [0.1, 0.15) is 0 Å². The van der Waals surface area contributed by atoms with Gasteiger partial charge in [-0.3, -0.25) is 4.79 Å². The predicted octanol–water partition coefficient (Wildman–Crippen LogP) is 5.60. The van der Waals surface area contributed by atoms with E-state index >= 15 is 0 Å². The maximum absolute atomic E-state index is 12.6. The number of rotatable bonds is 6. The molecule has 0 bridgehead atoms. The zero-order valence-electron chi connectivity index (χ0n) is 16.8. The van der Waals surface area contributed by atoms with Crippen LogP contribution in [0.1, 0.15) is 43.4 Å². The lowest BCUT2D eigenvalue weighted by molar-refractivity contribution is -0.115. The van der Waals surface area contributed by atoms with Gasteiger partial charge in [-0.1, -0.05) is 61.0 Å². The minimum absolute atomic E-state index is 0.0933. The molecule has 0 spiro atoms. The van der Waals surface area contributed by atoms with Crippen LogP contribution in [0.2, 0.25) is 0 Å². The molecule has 28 heavy (non-hydrogen) atoms. The molecular formula is C22H25N3O2S. The zero-order valence-corrected chi connectivity index (χ0v) is 17.6. The Morgan fingerprint density at radius 1 is 1.04 bits per heavy atom. The Bertz CT molecular complexity index is 961. The standard InChI is InChI=1S/C22H25N3O2S/c1-13(2)18-8-6-7-9-19(18)23-20(26)16(5)28-22-25-24-21(27-22)17-11-14(3)10-15(4)12-17/h6-13,16H,1-5H3,(H,23,26). The second kappa shape index (κ2) is 8.61. The van der Waals surface area contributed by atoms with Crippen molar-refractivity contribution in [3.63, 3.8) is 0 Å². The zero-order chi connectivity index (χ0) is 20.3. The van der Waals surface area contributed by atoms with Crippen LogP contribution in [0.25, 0.3) is 11.5 Å². The number of hydrogen-bond acceptors (Lipinski definition) is 5. The third-order valence-corrected chi connectivity index (χ3v) is 5.30. The first-order valence-corrected chi connectivity index (χ1v) is 10.2. The minimum atomic E-state index is -0.368. The van der Waals surface area contributed by atoms with Gasteiger partial charge >= 0.3 is 0 Å². The Morgan fingerprint density at radius 2 is 1.71 bits per heavy atom. The van der Waals surface area contributed by atoms with Crippen LogP contribution in [0.5, 0.6) is 0 Å². The fourth-order valence-corrected chi connectivity index (χ4v) is 3.71. The molecule has 3 rings (SSSR count). The van der Waals surface area contributed by atoms with Crippen LogP contribution in [0.4, 0.5) is 5.69 Å². The van der Waals surface area contributed by atoms with Gasteiger partial charge < -0.3 is 9.73 Å². The second-order valence-corrected chi connectivity index (χ2v) is 8.53. The van der Waals surface area contributed by atoms with Gasteiger partial charge in [-0.25, -0.2) is 0 Å². The molecule has 0 aliphatic heterocycles. The molecular weight excluding hydrogens is 370 g/mol. The Labute approximate surface area is 170 Å². The third kappa shape index (κ3) is 4.81. The molecule has 146 valence electrons. The van der Waals surface area contributed by atoms with E-state index in [-0.39, 0.29) is 11.2 Å². The maximum atomic E-state index is 12.6. The molecule has 0 aliphatic carbocycles. The normalized spacial score (nSPS) is 12.2. The maximum Gasteiger partial charge on any atom is 0.277 e. The lowest BCUT2D eigenvalue weighted by Crippen LogP contribution is -2.23. The topological polar surface area (TPSA) is 68.0 Å². The van der Waals surface area contributed by atoms with Crippen LogP contribution in [-0.2, 0) is 4.79 Å². The van der Waals surface area contributed by atoms with Gasteiger partial charge in [-0.15, -0.1) is 10.2 Å². The third-order valence-electron chi connectivity index (χ3n) is 4.36. The predicted molar refractivity (Wildman–Crippen MR) is 114 cm³/mol. The summed E-state index contributed by atoms with van der Waals surface area (Å²) < 4.78 is 5.77. The molecule has 1 heterocycles. The highest BCUT2D eigenvalue weighted by Gasteiger charge is 2.20. The number of carbonyl (C=O) groups excluding carboxylic acids is 1. The first-order valence-electron chi connectivity index (χ1n) is 9.32. The molecule has 0 saturated heterocycles. The number of para-hydroxylation sites is 1. The van der Waals surface area contributed by atoms with Gasteiger partial charge in [-0.2, -0.15) is 0 Å². The van der Waals surface area contributed by atoms with E-state index in [1.807, 2.05) is 57.2 Å². The molecule has 1 aromatic heterocycles. The number of aromatic nitrogens is 2. The first kappa shape index (κ1) is 20.1. The highest BCUT2D eigenvalue weighted by molar-refractivity contribution is 8.00. The van der Waals surface area contributed by atoms with Gasteiger partial charge in [0.2, 0.25) is 11.8 Å². The van der Waals surface area contributed by atoms with E-state index in [2.05, 4.69) is 35.4 Å². The molecule has 1 amide bonds. The van der Waals surface area contributed by atoms with Gasteiger partial charge in [0.05, 0.1) is 5.25 Å². The van der Waals surface area contributed by atoms with Crippen LogP contribution >= 0.6 is 11.8 Å². The summed E-state index contributed by atoms with van der Waals surface area (Å²) in [7, 11) is 0. The summed E-state index contributed by atoms with van der Waals surface area (Å²) in [4.78, 5) is 12.6. The quantitative estimate of drug-likeness (QED) is 0.551. The van der Waals surface area contributed by atoms with Gasteiger partial charge in [0.15, 0.2) is 0 Å². The molecule has 0 saturated carbocycles. The Kier molecular flexibility index (Phi) is 6.19. The molecule has 0 aliphatic rings. The van der Waals surface area contributed by atoms with Crippen molar-refractivity contribution in [1.29, 1.82) is 0 Å². The summed E-state index contributed by atoms with van der Waals surface area (Å²) in [5.74, 6) is 0.701. The van der Waals surface area contributed by atoms with Crippen LogP contribution in [-0.4, -0.2) is 21.4 Å². The number of benzene rings is 2. The van der Waals surface area contributed by atoms with E-state index in [1.165, 1.54) is 11.8 Å². The number of thioether (sulfide) groups is 1. The van der Waals surface area contributed by atoms with E-state index in [0.29, 0.717) is 17.0 Å². The number of aryl methyl sites for hydroxylation is 2. The van der Waals surface area contributed by atoms with E-state index in [4.69, 9.17) is 4.42 Å². The Balaban J connectivity index is 1.69. The van der Waals surface area contributed by atoms with Crippen molar-refractivity contribution in [2.24, 2.45) is 0 Å². The van der Waals surface area contributed by atoms with Crippen molar-refractivity contribution in [2.75, 3.05) is 5.32 Å². The van der Waals surface area contributed by atoms with Crippen molar-refractivity contribution >= 4 is 23.4 Å². The van der Waals surface area contributed by atoms with E-state index in [9.17, 15) is 4.79 Å². The van der Waals surface area contributed by atoms with Crippen molar-refractivity contribution in [3.8, 4) is 11.5 Å². The molecule has 0 radical (unpaired) electrons. The molecule has 1 N–H and O–H groups in total. The van der Waals surface area contributed by atoms with Crippen LogP contribution in [0, 0.1) is 13.8 Å². The number of hydrogen-bond donors (Lipinski definition) is 1. The van der Waals surface area contributed by atoms with E-state index in [1.54, 1.807) is 0 Å². The van der Waals surface area contributed by atoms with E-state index < -0.39 is 0 Å². The molecule has 6 heteroatoms. The van der Waals surface area contributed by atoms with Crippen molar-refractivity contribution in [2.45, 2.75) is 51.0 Å². The fraction of sp³-hybridized carbons (Fsp3) is 0.318. The number of carbonyl (C=O) groups is 1. The fourth-order valence-electron chi connectivity index (χ4n) is 3.03. The second-order valence-electron chi connectivity index (χ2n) is 7.24. The average Bonchev–Trinajstić information content (AvgIpc) is 3.09. The number of amides is 1. The summed E-state index contributed by atoms with van der Waals surface area (Å²) in [5, 5.41) is 11.3. The van der Waals surface area contributed by atoms with Gasteiger partial charge in [0.25, 0.3) is 5.22 Å². The summed E-state index contributed by atoms with van der Waals surface area (Å²) >= 11 is 1.26. The smallest absolute Gasteiger partial charge is 0.277 e. The first-order chi connectivity index (χ1) is 13.3. The van der Waals surface area contributed by atoms with Crippen LogP contribution in [0.15, 0.2) is 52.1 Å². The number of anilines is 1. The molecule has 1 atom stereocenters. The van der Waals surface area contributed by atoms with Crippen LogP contribution < -0.4 is 5.32 Å². The summed E-state index contributed by atoms with van der Waals surface area (Å²) in [6, 6.07) is 14.0. The molecule has 1 unspecified atom stereocenters. The van der Waals surface area contributed by atoms with E-state index in [0.717, 1.165) is 27.9 Å². The summed E-state index contributed by atoms with van der Waals surface area (Å²) in [5.41, 5.74) is 5.12. The minimum Gasteiger partial charge on any atom is -0.411 e. The monoisotopic (exact) mass is 395 g/mol. The summed E-state index contributed by atoms with van der Waals surface area (Å²) in [6.07, 6.45) is 0. The lowest BCUT2D eigenvalue weighted by Gasteiger charge is -2.15.